The predicted octanol–water partition coefficient (Wildman–Crippen LogP) is 8.45. The highest BCUT2D eigenvalue weighted by molar-refractivity contribution is 7.53. The van der Waals surface area contributed by atoms with Crippen molar-refractivity contribution in [3.63, 3.8) is 0 Å². The highest BCUT2D eigenvalue weighted by Gasteiger charge is 2.41. The van der Waals surface area contributed by atoms with Gasteiger partial charge in [0.05, 0.1) is 27.7 Å². The molecular weight excluding hydrogens is 405 g/mol. The summed E-state index contributed by atoms with van der Waals surface area (Å²) in [5, 5.41) is 0. The summed E-state index contributed by atoms with van der Waals surface area (Å²) < 4.78 is 18.5. The molecule has 0 aliphatic heterocycles. The van der Waals surface area contributed by atoms with Crippen molar-refractivity contribution in [2.75, 3.05) is 27.7 Å². The molecule has 0 aromatic rings. The van der Waals surface area contributed by atoms with Gasteiger partial charge < -0.3 is 13.9 Å². The van der Waals surface area contributed by atoms with E-state index in [1.54, 1.807) is 0 Å². The van der Waals surface area contributed by atoms with E-state index in [-0.39, 0.29) is 5.78 Å². The van der Waals surface area contributed by atoms with Gasteiger partial charge in [0.2, 0.25) is 0 Å². The summed E-state index contributed by atoms with van der Waals surface area (Å²) in [6.45, 7) is 4.68. The Morgan fingerprint density at radius 2 is 1.19 bits per heavy atom. The van der Waals surface area contributed by atoms with Crippen molar-refractivity contribution in [2.45, 2.75) is 129 Å². The number of nitrogens with zero attached hydrogens (tertiary/aromatic N) is 1. The minimum absolute atomic E-state index is 0.348. The van der Waals surface area contributed by atoms with E-state index in [4.69, 9.17) is 4.52 Å². The maximum absolute atomic E-state index is 12.6. The van der Waals surface area contributed by atoms with Crippen molar-refractivity contribution in [1.82, 2.24) is 0 Å². The van der Waals surface area contributed by atoms with Crippen LogP contribution in [0.2, 0.25) is 0 Å². The average molecular weight is 461 g/mol. The molecule has 0 amide bonds. The Bertz CT molecular complexity index is 474. The average Bonchev–Trinajstić information content (AvgIpc) is 2.70. The molecule has 4 nitrogen and oxygen atoms in total. The Kier molecular flexibility index (Phi) is 19.2. The van der Waals surface area contributed by atoms with Gasteiger partial charge in [0.25, 0.3) is 0 Å². The molecule has 0 spiro atoms. The van der Waals surface area contributed by atoms with Gasteiger partial charge in [-0.3, -0.25) is 4.57 Å². The molecule has 0 radical (unpaired) electrons. The second-order valence-electron chi connectivity index (χ2n) is 10.1. The lowest BCUT2D eigenvalue weighted by atomic mass is 10.0. The zero-order valence-corrected chi connectivity index (χ0v) is 22.5. The number of allylic oxidation sites excluding steroid dienone is 2. The fourth-order valence-corrected chi connectivity index (χ4v) is 6.09. The second kappa shape index (κ2) is 19.3. The fraction of sp³-hybridized carbons (Fsp3) is 0.923. The van der Waals surface area contributed by atoms with Crippen LogP contribution >= 0.6 is 7.60 Å². The molecule has 0 aliphatic rings. The Labute approximate surface area is 195 Å². The summed E-state index contributed by atoms with van der Waals surface area (Å²) in [7, 11) is 2.31. The molecule has 0 aromatic heterocycles. The van der Waals surface area contributed by atoms with Gasteiger partial charge in [-0.25, -0.2) is 0 Å². The first-order valence-corrected chi connectivity index (χ1v) is 14.8. The first-order chi connectivity index (χ1) is 14.8. The molecule has 0 aromatic carbocycles. The molecule has 0 heterocycles. The summed E-state index contributed by atoms with van der Waals surface area (Å²) in [4.78, 5) is 10.4. The van der Waals surface area contributed by atoms with Crippen LogP contribution in [0.4, 0.5) is 0 Å². The molecule has 2 atom stereocenters. The molecule has 0 aliphatic carbocycles. The van der Waals surface area contributed by atoms with Gasteiger partial charge in [-0.1, -0.05) is 96.6 Å². The lowest BCUT2D eigenvalue weighted by Gasteiger charge is -2.35. The van der Waals surface area contributed by atoms with Crippen LogP contribution in [0.25, 0.3) is 0 Å². The van der Waals surface area contributed by atoms with Crippen LogP contribution in [0, 0.1) is 0 Å². The number of hydrogen-bond donors (Lipinski definition) is 1. The minimum atomic E-state index is -3.58. The third-order valence-electron chi connectivity index (χ3n) is 6.00. The summed E-state index contributed by atoms with van der Waals surface area (Å²) in [6, 6.07) is 0. The van der Waals surface area contributed by atoms with Crippen molar-refractivity contribution >= 4 is 7.60 Å². The normalized spacial score (nSPS) is 15.4. The van der Waals surface area contributed by atoms with Gasteiger partial charge in [-0.05, 0) is 32.1 Å². The molecule has 5 heteroatoms. The molecule has 31 heavy (non-hydrogen) atoms. The third-order valence-corrected chi connectivity index (χ3v) is 8.26. The number of rotatable bonds is 22. The van der Waals surface area contributed by atoms with Crippen LogP contribution in [0.5, 0.6) is 0 Å². The molecule has 1 N–H and O–H groups in total. The zero-order chi connectivity index (χ0) is 23.4. The van der Waals surface area contributed by atoms with Crippen molar-refractivity contribution in [2.24, 2.45) is 0 Å². The van der Waals surface area contributed by atoms with E-state index in [2.05, 4.69) is 19.1 Å². The number of quaternary nitrogens is 1. The Morgan fingerprint density at radius 3 is 1.65 bits per heavy atom. The van der Waals surface area contributed by atoms with Gasteiger partial charge in [-0.2, -0.15) is 0 Å². The lowest BCUT2D eigenvalue weighted by molar-refractivity contribution is -0.883. The molecule has 2 unspecified atom stereocenters. The van der Waals surface area contributed by atoms with Crippen LogP contribution in [0.1, 0.15) is 123 Å². The lowest BCUT2D eigenvalue weighted by Crippen LogP contribution is -2.45. The summed E-state index contributed by atoms with van der Waals surface area (Å²) >= 11 is 0. The topological polar surface area (TPSA) is 46.5 Å². The van der Waals surface area contributed by atoms with Crippen molar-refractivity contribution < 1.29 is 18.5 Å². The maximum Gasteiger partial charge on any atom is 0.385 e. The first-order valence-electron chi connectivity index (χ1n) is 13.2. The van der Waals surface area contributed by atoms with Crippen LogP contribution in [0.3, 0.4) is 0 Å². The van der Waals surface area contributed by atoms with E-state index in [9.17, 15) is 9.46 Å². The minimum Gasteiger partial charge on any atom is -0.320 e. The highest BCUT2D eigenvalue weighted by Crippen LogP contribution is 2.51. The van der Waals surface area contributed by atoms with Gasteiger partial charge in [0.15, 0.2) is 5.78 Å². The number of unbranched alkanes of at least 4 members (excludes halogenated alkanes) is 13. The molecule has 0 saturated carbocycles. The summed E-state index contributed by atoms with van der Waals surface area (Å²) in [5.41, 5.74) is 0. The van der Waals surface area contributed by atoms with Crippen molar-refractivity contribution in [3.05, 3.63) is 12.2 Å². The van der Waals surface area contributed by atoms with E-state index in [0.29, 0.717) is 17.5 Å². The Morgan fingerprint density at radius 1 is 0.742 bits per heavy atom. The smallest absolute Gasteiger partial charge is 0.320 e. The van der Waals surface area contributed by atoms with Gasteiger partial charge in [0, 0.05) is 6.42 Å². The maximum atomic E-state index is 12.6. The Hall–Kier alpha value is -0.150. The van der Waals surface area contributed by atoms with E-state index < -0.39 is 7.60 Å². The zero-order valence-electron chi connectivity index (χ0n) is 21.6. The quantitative estimate of drug-likeness (QED) is 0.0763. The molecule has 0 bridgehead atoms. The molecular formula is C26H55NO3P+. The van der Waals surface area contributed by atoms with Crippen LogP contribution < -0.4 is 0 Å². The molecule has 0 rings (SSSR count). The van der Waals surface area contributed by atoms with Gasteiger partial charge in [-0.15, -0.1) is 0 Å². The summed E-state index contributed by atoms with van der Waals surface area (Å²) in [6.07, 6.45) is 25.6. The first kappa shape index (κ1) is 30.9. The van der Waals surface area contributed by atoms with E-state index in [1.165, 1.54) is 77.0 Å². The third kappa shape index (κ3) is 18.0. The highest BCUT2D eigenvalue weighted by atomic mass is 31.2. The number of hydrogen-bond acceptors (Lipinski definition) is 2. The second-order valence-corrected chi connectivity index (χ2v) is 12.1. The van der Waals surface area contributed by atoms with Crippen molar-refractivity contribution in [3.8, 4) is 0 Å². The summed E-state index contributed by atoms with van der Waals surface area (Å²) in [5.74, 6) is -0.348. The van der Waals surface area contributed by atoms with E-state index in [1.807, 2.05) is 28.1 Å². The standard InChI is InChI=1S/C26H54NO3P/c1-6-8-9-10-11-12-13-14-15-16-17-18-19-20-21-22-23-25-30-31(28,29)26(24-7-2)27(3,4)5/h20-21,26H,6-19,22-25H2,1-5H3/p+1. The van der Waals surface area contributed by atoms with Crippen LogP contribution in [0.15, 0.2) is 12.2 Å². The van der Waals surface area contributed by atoms with E-state index in [0.717, 1.165) is 25.7 Å². The van der Waals surface area contributed by atoms with Crippen LogP contribution in [-0.2, 0) is 9.09 Å². The largest absolute Gasteiger partial charge is 0.385 e. The van der Waals surface area contributed by atoms with Gasteiger partial charge >= 0.3 is 7.60 Å². The molecule has 0 fully saturated rings. The molecule has 0 saturated heterocycles. The van der Waals surface area contributed by atoms with Crippen LogP contribution in [-0.4, -0.2) is 42.9 Å². The fourth-order valence-electron chi connectivity index (χ4n) is 4.07. The van der Waals surface area contributed by atoms with Gasteiger partial charge in [0.1, 0.15) is 0 Å². The molecule has 186 valence electrons. The SMILES string of the molecule is CCCCCCCCCCCCCCC=CCCCOP(=O)(O)C(CCC)[N+](C)(C)C. The predicted molar refractivity (Wildman–Crippen MR) is 137 cm³/mol. The van der Waals surface area contributed by atoms with E-state index >= 15 is 0 Å². The monoisotopic (exact) mass is 460 g/mol. The Balaban J connectivity index is 3.60. The van der Waals surface area contributed by atoms with Crippen molar-refractivity contribution in [1.29, 1.82) is 0 Å².